The number of alkyl halides is 3. The topological polar surface area (TPSA) is 91.1 Å². The zero-order valence-electron chi connectivity index (χ0n) is 15.0. The molecule has 0 saturated heterocycles. The van der Waals surface area contributed by atoms with Crippen LogP contribution >= 0.6 is 0 Å². The highest BCUT2D eigenvalue weighted by Gasteiger charge is 2.54. The predicted octanol–water partition coefficient (Wildman–Crippen LogP) is 3.90. The van der Waals surface area contributed by atoms with Crippen molar-refractivity contribution >= 4 is 23.0 Å². The Morgan fingerprint density at radius 2 is 1.65 bits per heavy atom. The first-order valence-corrected chi connectivity index (χ1v) is 7.81. The Labute approximate surface area is 148 Å². The van der Waals surface area contributed by atoms with Gasteiger partial charge in [-0.2, -0.15) is 13.2 Å². The summed E-state index contributed by atoms with van der Waals surface area (Å²) in [4.78, 5) is 28.7. The molecule has 1 aromatic rings. The molecule has 1 aliphatic carbocycles. The Bertz CT molecular complexity index is 833. The number of hydrogen-bond donors (Lipinski definition) is 2. The van der Waals surface area contributed by atoms with Crippen molar-refractivity contribution in [3.05, 3.63) is 34.7 Å². The van der Waals surface area contributed by atoms with Gasteiger partial charge in [0.15, 0.2) is 11.6 Å². The van der Waals surface area contributed by atoms with E-state index < -0.39 is 40.0 Å². The van der Waals surface area contributed by atoms with Gasteiger partial charge in [0.05, 0.1) is 22.1 Å². The second kappa shape index (κ2) is 5.75. The molecule has 1 aliphatic rings. The quantitative estimate of drug-likeness (QED) is 0.447. The number of aryl methyl sites for hydroxylation is 1. The molecule has 1 aromatic heterocycles. The van der Waals surface area contributed by atoms with Gasteiger partial charge in [-0.05, 0) is 46.8 Å². The molecular weight excluding hydrogens is 349 g/mol. The number of rotatable bonds is 1. The largest absolute Gasteiger partial charge is 0.506 e. The maximum atomic E-state index is 12.8. The van der Waals surface area contributed by atoms with Crippen LogP contribution in [0, 0.1) is 23.2 Å². The molecule has 2 N–H and O–H groups in total. The molecule has 0 spiro atoms. The van der Waals surface area contributed by atoms with E-state index in [4.69, 9.17) is 5.41 Å². The number of nitrogens with one attached hydrogen (secondary N) is 1. The number of hydrogen-bond acceptors (Lipinski definition) is 5. The first-order chi connectivity index (χ1) is 11.6. The summed E-state index contributed by atoms with van der Waals surface area (Å²) in [6.45, 7) is 7.00. The van der Waals surface area contributed by atoms with Crippen LogP contribution in [0.2, 0.25) is 0 Å². The number of nitrogens with zero attached hydrogens (tertiary/aromatic N) is 1. The summed E-state index contributed by atoms with van der Waals surface area (Å²) >= 11 is 0. The minimum Gasteiger partial charge on any atom is -0.506 e. The second-order valence-corrected chi connectivity index (χ2v) is 7.33. The Morgan fingerprint density at radius 3 is 2.12 bits per heavy atom. The summed E-state index contributed by atoms with van der Waals surface area (Å²) in [5.74, 6) is -1.85. The van der Waals surface area contributed by atoms with E-state index in [0.29, 0.717) is 6.07 Å². The third kappa shape index (κ3) is 2.83. The fourth-order valence-electron chi connectivity index (χ4n) is 3.07. The number of halogens is 3. The minimum atomic E-state index is -4.64. The Morgan fingerprint density at radius 1 is 1.12 bits per heavy atom. The zero-order valence-corrected chi connectivity index (χ0v) is 15.0. The van der Waals surface area contributed by atoms with Crippen molar-refractivity contribution in [3.63, 3.8) is 0 Å². The number of aliphatic hydroxyl groups excluding tert-OH is 1. The van der Waals surface area contributed by atoms with E-state index in [9.17, 15) is 27.9 Å². The number of carbonyl (C=O) groups is 2. The summed E-state index contributed by atoms with van der Waals surface area (Å²) in [7, 11) is 0. The van der Waals surface area contributed by atoms with Crippen LogP contribution in [-0.4, -0.2) is 27.4 Å². The number of allylic oxidation sites excluding steroid dienone is 1. The van der Waals surface area contributed by atoms with Crippen molar-refractivity contribution in [2.75, 3.05) is 0 Å². The molecule has 140 valence electrons. The van der Waals surface area contributed by atoms with Crippen molar-refractivity contribution in [1.29, 1.82) is 5.41 Å². The molecule has 1 heterocycles. The number of pyridine rings is 1. The SMILES string of the molecule is Cc1nc(C(F)(F)F)ccc1C(O)=C1C(=N)C(C)(C)C(=O)C(C)(C)C1=O. The van der Waals surface area contributed by atoms with Crippen molar-refractivity contribution in [1.82, 2.24) is 4.98 Å². The van der Waals surface area contributed by atoms with Crippen molar-refractivity contribution in [2.45, 2.75) is 40.8 Å². The normalized spacial score (nSPS) is 21.8. The lowest BCUT2D eigenvalue weighted by Gasteiger charge is -2.39. The van der Waals surface area contributed by atoms with Crippen LogP contribution in [0.1, 0.15) is 44.6 Å². The highest BCUT2D eigenvalue weighted by molar-refractivity contribution is 6.41. The molecular formula is C18H19F3N2O3. The summed E-state index contributed by atoms with van der Waals surface area (Å²) in [5.41, 5.74) is -4.89. The van der Waals surface area contributed by atoms with Crippen LogP contribution in [0.15, 0.2) is 17.7 Å². The van der Waals surface area contributed by atoms with E-state index >= 15 is 0 Å². The van der Waals surface area contributed by atoms with Gasteiger partial charge in [-0.25, -0.2) is 4.98 Å². The van der Waals surface area contributed by atoms with Gasteiger partial charge in [-0.1, -0.05) is 0 Å². The lowest BCUT2D eigenvalue weighted by molar-refractivity contribution is -0.142. The van der Waals surface area contributed by atoms with Gasteiger partial charge in [-0.3, -0.25) is 9.59 Å². The van der Waals surface area contributed by atoms with Gasteiger partial charge in [-0.15, -0.1) is 0 Å². The molecule has 0 amide bonds. The van der Waals surface area contributed by atoms with Crippen LogP contribution < -0.4 is 0 Å². The van der Waals surface area contributed by atoms with Crippen molar-refractivity contribution < 1.29 is 27.9 Å². The first-order valence-electron chi connectivity index (χ1n) is 7.81. The molecule has 8 heteroatoms. The van der Waals surface area contributed by atoms with Gasteiger partial charge >= 0.3 is 6.18 Å². The molecule has 0 aliphatic heterocycles. The van der Waals surface area contributed by atoms with Gasteiger partial charge < -0.3 is 10.5 Å². The molecule has 0 aromatic carbocycles. The van der Waals surface area contributed by atoms with Gasteiger partial charge in [0.2, 0.25) is 0 Å². The highest BCUT2D eigenvalue weighted by atomic mass is 19.4. The van der Waals surface area contributed by atoms with E-state index in [0.717, 1.165) is 6.07 Å². The molecule has 1 fully saturated rings. The maximum Gasteiger partial charge on any atom is 0.433 e. The monoisotopic (exact) mass is 368 g/mol. The summed E-state index contributed by atoms with van der Waals surface area (Å²) in [6, 6.07) is 1.70. The predicted molar refractivity (Wildman–Crippen MR) is 88.8 cm³/mol. The number of carbonyl (C=O) groups excluding carboxylic acids is 2. The Hall–Kier alpha value is -2.51. The van der Waals surface area contributed by atoms with Crippen LogP contribution in [0.5, 0.6) is 0 Å². The van der Waals surface area contributed by atoms with Crippen LogP contribution in [0.4, 0.5) is 13.2 Å². The second-order valence-electron chi connectivity index (χ2n) is 7.33. The Kier molecular flexibility index (Phi) is 4.38. The van der Waals surface area contributed by atoms with E-state index in [-0.39, 0.29) is 22.5 Å². The molecule has 0 bridgehead atoms. The number of aliphatic hydroxyl groups is 1. The van der Waals surface area contributed by atoms with Gasteiger partial charge in [0, 0.05) is 11.3 Å². The van der Waals surface area contributed by atoms with Crippen LogP contribution in [0.3, 0.4) is 0 Å². The smallest absolute Gasteiger partial charge is 0.433 e. The lowest BCUT2D eigenvalue weighted by atomic mass is 9.60. The summed E-state index contributed by atoms with van der Waals surface area (Å²) in [5, 5.41) is 18.8. The van der Waals surface area contributed by atoms with Crippen LogP contribution in [-0.2, 0) is 15.8 Å². The Balaban J connectivity index is 2.70. The van der Waals surface area contributed by atoms with E-state index in [1.54, 1.807) is 0 Å². The molecule has 0 unspecified atom stereocenters. The van der Waals surface area contributed by atoms with E-state index in [2.05, 4.69) is 4.98 Å². The zero-order chi connectivity index (χ0) is 20.2. The maximum absolute atomic E-state index is 12.8. The minimum absolute atomic E-state index is 0.0907. The molecule has 2 rings (SSSR count). The number of aromatic nitrogens is 1. The van der Waals surface area contributed by atoms with E-state index in [1.807, 2.05) is 0 Å². The molecule has 1 saturated carbocycles. The standard InChI is InChI=1S/C18H19F3N2O3/c1-8-9(6-7-10(23-8)18(19,20)21)12(24)11-13(22)16(2,3)15(26)17(4,5)14(11)25/h6-7,22,24H,1-5H3. The average molecular weight is 368 g/mol. The summed E-state index contributed by atoms with van der Waals surface area (Å²) < 4.78 is 38.3. The summed E-state index contributed by atoms with van der Waals surface area (Å²) in [6.07, 6.45) is -4.64. The van der Waals surface area contributed by atoms with Crippen molar-refractivity contribution in [3.8, 4) is 0 Å². The molecule has 5 nitrogen and oxygen atoms in total. The highest BCUT2D eigenvalue weighted by Crippen LogP contribution is 2.43. The third-order valence-electron chi connectivity index (χ3n) is 4.67. The fraction of sp³-hybridized carbons (Fsp3) is 0.444. The number of ketones is 2. The van der Waals surface area contributed by atoms with Crippen molar-refractivity contribution in [2.24, 2.45) is 10.8 Å². The van der Waals surface area contributed by atoms with Gasteiger partial charge in [0.1, 0.15) is 11.5 Å². The average Bonchev–Trinajstić information content (AvgIpc) is 2.51. The molecule has 26 heavy (non-hydrogen) atoms. The fourth-order valence-corrected chi connectivity index (χ4v) is 3.07. The number of Topliss-reactive ketones (excluding diaryl/α,β-unsaturated/α-hetero) is 2. The van der Waals surface area contributed by atoms with E-state index in [1.165, 1.54) is 34.6 Å². The lowest BCUT2D eigenvalue weighted by Crippen LogP contribution is -2.53. The molecule has 0 atom stereocenters. The third-order valence-corrected chi connectivity index (χ3v) is 4.67. The van der Waals surface area contributed by atoms with Crippen LogP contribution in [0.25, 0.3) is 5.76 Å². The van der Waals surface area contributed by atoms with Gasteiger partial charge in [0.25, 0.3) is 0 Å². The first kappa shape index (κ1) is 19.8. The molecule has 0 radical (unpaired) electrons.